The van der Waals surface area contributed by atoms with E-state index in [-0.39, 0.29) is 5.91 Å². The van der Waals surface area contributed by atoms with Gasteiger partial charge in [-0.05, 0) is 55.8 Å². The number of benzene rings is 2. The number of anilines is 1. The summed E-state index contributed by atoms with van der Waals surface area (Å²) in [6.45, 7) is 4.44. The summed E-state index contributed by atoms with van der Waals surface area (Å²) in [5, 5.41) is 7.18. The van der Waals surface area contributed by atoms with E-state index in [1.807, 2.05) is 61.3 Å². The van der Waals surface area contributed by atoms with Gasteiger partial charge in [0.25, 0.3) is 5.91 Å². The number of para-hydroxylation sites is 1. The molecule has 0 aliphatic rings. The molecular formula is C23H22N4O3. The Morgan fingerprint density at radius 3 is 2.60 bits per heavy atom. The number of nitrogens with one attached hydrogen (secondary N) is 1. The molecule has 0 radical (unpaired) electrons. The lowest BCUT2D eigenvalue weighted by atomic mass is 10.1. The summed E-state index contributed by atoms with van der Waals surface area (Å²) in [5.74, 6) is 1.59. The van der Waals surface area contributed by atoms with Crippen LogP contribution in [-0.2, 0) is 6.54 Å². The van der Waals surface area contributed by atoms with Gasteiger partial charge in [0.1, 0.15) is 17.2 Å². The number of aromatic nitrogens is 3. The largest absolute Gasteiger partial charge is 0.496 e. The Balaban J connectivity index is 1.48. The van der Waals surface area contributed by atoms with Crippen LogP contribution in [0.5, 0.6) is 5.75 Å². The van der Waals surface area contributed by atoms with Crippen LogP contribution in [0.25, 0.3) is 11.5 Å². The Bertz CT molecular complexity index is 1180. The fraction of sp³-hybridized carbons (Fsp3) is 0.174. The van der Waals surface area contributed by atoms with Crippen LogP contribution < -0.4 is 10.1 Å². The normalized spacial score (nSPS) is 10.8. The van der Waals surface area contributed by atoms with Crippen molar-refractivity contribution < 1.29 is 13.9 Å². The number of aryl methyl sites for hydroxylation is 2. The lowest BCUT2D eigenvalue weighted by Gasteiger charge is -2.09. The van der Waals surface area contributed by atoms with E-state index in [0.29, 0.717) is 29.4 Å². The Labute approximate surface area is 174 Å². The quantitative estimate of drug-likeness (QED) is 0.515. The summed E-state index contributed by atoms with van der Waals surface area (Å²) in [4.78, 5) is 17.2. The third kappa shape index (κ3) is 4.10. The Morgan fingerprint density at radius 1 is 1.13 bits per heavy atom. The zero-order valence-corrected chi connectivity index (χ0v) is 17.0. The molecule has 152 valence electrons. The Kier molecular flexibility index (Phi) is 5.34. The summed E-state index contributed by atoms with van der Waals surface area (Å²) < 4.78 is 12.9. The van der Waals surface area contributed by atoms with Gasteiger partial charge in [-0.3, -0.25) is 9.48 Å². The lowest BCUT2D eigenvalue weighted by Crippen LogP contribution is -2.12. The van der Waals surface area contributed by atoms with Gasteiger partial charge in [0.05, 0.1) is 25.4 Å². The van der Waals surface area contributed by atoms with Crippen LogP contribution in [0.4, 0.5) is 5.69 Å². The maximum atomic E-state index is 12.5. The van der Waals surface area contributed by atoms with Crippen molar-refractivity contribution in [3.8, 4) is 17.2 Å². The van der Waals surface area contributed by atoms with Crippen LogP contribution in [0.15, 0.2) is 65.3 Å². The number of carbonyl (C=O) groups is 1. The van der Waals surface area contributed by atoms with Crippen LogP contribution in [0.2, 0.25) is 0 Å². The van der Waals surface area contributed by atoms with E-state index in [0.717, 1.165) is 22.6 Å². The van der Waals surface area contributed by atoms with Gasteiger partial charge in [0, 0.05) is 17.4 Å². The maximum Gasteiger partial charge on any atom is 0.259 e. The zero-order valence-electron chi connectivity index (χ0n) is 17.0. The molecular weight excluding hydrogens is 380 g/mol. The number of hydrogen-bond acceptors (Lipinski definition) is 5. The molecule has 0 aliphatic heterocycles. The smallest absolute Gasteiger partial charge is 0.259 e. The van der Waals surface area contributed by atoms with Crippen molar-refractivity contribution in [2.24, 2.45) is 0 Å². The molecule has 7 heteroatoms. The number of oxazole rings is 1. The molecule has 0 aliphatic carbocycles. The van der Waals surface area contributed by atoms with Gasteiger partial charge >= 0.3 is 0 Å². The number of nitrogens with zero attached hydrogens (tertiary/aromatic N) is 3. The highest BCUT2D eigenvalue weighted by atomic mass is 16.5. The highest BCUT2D eigenvalue weighted by molar-refractivity contribution is 6.06. The van der Waals surface area contributed by atoms with Crippen LogP contribution in [0.1, 0.15) is 27.4 Å². The summed E-state index contributed by atoms with van der Waals surface area (Å²) in [5.41, 5.74) is 3.91. The minimum Gasteiger partial charge on any atom is -0.496 e. The second-order valence-corrected chi connectivity index (χ2v) is 6.97. The molecule has 0 saturated carbocycles. The first kappa shape index (κ1) is 19.4. The SMILES string of the molecule is COc1ccccc1C(=O)Nc1ccc(-c2nc(Cn3cc(C)cn3)c(C)o2)cc1. The molecule has 0 bridgehead atoms. The van der Waals surface area contributed by atoms with E-state index < -0.39 is 0 Å². The molecule has 4 aromatic rings. The molecule has 0 saturated heterocycles. The fourth-order valence-corrected chi connectivity index (χ4v) is 3.13. The zero-order chi connectivity index (χ0) is 21.1. The molecule has 2 aromatic heterocycles. The highest BCUT2D eigenvalue weighted by Gasteiger charge is 2.14. The molecule has 7 nitrogen and oxygen atoms in total. The first-order valence-corrected chi connectivity index (χ1v) is 9.53. The third-order valence-corrected chi connectivity index (χ3v) is 4.71. The number of carbonyl (C=O) groups excluding carboxylic acids is 1. The summed E-state index contributed by atoms with van der Waals surface area (Å²) in [7, 11) is 1.54. The number of ether oxygens (including phenoxy) is 1. The van der Waals surface area contributed by atoms with Crippen LogP contribution in [0, 0.1) is 13.8 Å². The average molecular weight is 402 g/mol. The first-order chi connectivity index (χ1) is 14.5. The van der Waals surface area contributed by atoms with Gasteiger partial charge in [-0.2, -0.15) is 5.10 Å². The molecule has 2 heterocycles. The van der Waals surface area contributed by atoms with E-state index in [1.165, 1.54) is 0 Å². The molecule has 0 fully saturated rings. The molecule has 1 amide bonds. The minimum atomic E-state index is -0.232. The van der Waals surface area contributed by atoms with Crippen LogP contribution in [0.3, 0.4) is 0 Å². The highest BCUT2D eigenvalue weighted by Crippen LogP contribution is 2.25. The summed E-state index contributed by atoms with van der Waals surface area (Å²) in [6.07, 6.45) is 3.78. The van der Waals surface area contributed by atoms with Crippen LogP contribution >= 0.6 is 0 Å². The number of hydrogen-bond donors (Lipinski definition) is 1. The topological polar surface area (TPSA) is 82.2 Å². The molecule has 30 heavy (non-hydrogen) atoms. The predicted molar refractivity (Wildman–Crippen MR) is 114 cm³/mol. The number of rotatable bonds is 6. The predicted octanol–water partition coefficient (Wildman–Crippen LogP) is 4.46. The standard InChI is InChI=1S/C23H22N4O3/c1-15-12-24-27(13-15)14-20-16(2)30-23(26-20)17-8-10-18(11-9-17)25-22(28)19-6-4-5-7-21(19)29-3/h4-13H,14H2,1-3H3,(H,25,28). The van der Waals surface area contributed by atoms with Crippen molar-refractivity contribution in [2.45, 2.75) is 20.4 Å². The number of methoxy groups -OCH3 is 1. The van der Waals surface area contributed by atoms with Gasteiger partial charge in [-0.15, -0.1) is 0 Å². The summed E-state index contributed by atoms with van der Waals surface area (Å²) >= 11 is 0. The molecule has 0 atom stereocenters. The molecule has 0 spiro atoms. The molecule has 4 rings (SSSR count). The van der Waals surface area contributed by atoms with E-state index in [1.54, 1.807) is 25.3 Å². The second-order valence-electron chi connectivity index (χ2n) is 6.97. The van der Waals surface area contributed by atoms with Gasteiger partial charge in [-0.1, -0.05) is 12.1 Å². The van der Waals surface area contributed by atoms with Gasteiger partial charge in [0.15, 0.2) is 0 Å². The van der Waals surface area contributed by atoms with Crippen molar-refractivity contribution in [1.82, 2.24) is 14.8 Å². The first-order valence-electron chi connectivity index (χ1n) is 9.53. The monoisotopic (exact) mass is 402 g/mol. The van der Waals surface area contributed by atoms with Gasteiger partial charge in [-0.25, -0.2) is 4.98 Å². The molecule has 1 N–H and O–H groups in total. The van der Waals surface area contributed by atoms with E-state index in [2.05, 4.69) is 15.4 Å². The fourth-order valence-electron chi connectivity index (χ4n) is 3.13. The van der Waals surface area contributed by atoms with Crippen molar-refractivity contribution >= 4 is 11.6 Å². The maximum absolute atomic E-state index is 12.5. The van der Waals surface area contributed by atoms with Crippen molar-refractivity contribution in [2.75, 3.05) is 12.4 Å². The molecule has 2 aromatic carbocycles. The van der Waals surface area contributed by atoms with Crippen molar-refractivity contribution in [1.29, 1.82) is 0 Å². The lowest BCUT2D eigenvalue weighted by molar-refractivity contribution is 0.102. The third-order valence-electron chi connectivity index (χ3n) is 4.71. The van der Waals surface area contributed by atoms with Gasteiger partial charge in [0.2, 0.25) is 5.89 Å². The number of amides is 1. The van der Waals surface area contributed by atoms with Crippen LogP contribution in [-0.4, -0.2) is 27.8 Å². The van der Waals surface area contributed by atoms with Gasteiger partial charge < -0.3 is 14.5 Å². The van der Waals surface area contributed by atoms with Crippen molar-refractivity contribution in [3.63, 3.8) is 0 Å². The Morgan fingerprint density at radius 2 is 1.90 bits per heavy atom. The van der Waals surface area contributed by atoms with E-state index >= 15 is 0 Å². The Hall–Kier alpha value is -3.87. The second kappa shape index (κ2) is 8.24. The van der Waals surface area contributed by atoms with E-state index in [4.69, 9.17) is 9.15 Å². The average Bonchev–Trinajstić information content (AvgIpc) is 3.34. The summed E-state index contributed by atoms with van der Waals surface area (Å²) in [6, 6.07) is 14.5. The van der Waals surface area contributed by atoms with Crippen molar-refractivity contribution in [3.05, 3.63) is 83.5 Å². The molecule has 0 unspecified atom stereocenters. The van der Waals surface area contributed by atoms with E-state index in [9.17, 15) is 4.79 Å². The minimum absolute atomic E-state index is 0.232.